The Bertz CT molecular complexity index is 1720. The predicted molar refractivity (Wildman–Crippen MR) is 185 cm³/mol. The molecule has 10 N–H and O–H groups in total. The van der Waals surface area contributed by atoms with Gasteiger partial charge in [0.05, 0.1) is 11.0 Å². The largest absolute Gasteiger partial charge is 0.391 e. The molecule has 3 aromatic rings. The Morgan fingerprint density at radius 1 is 0.745 bits per heavy atom. The fraction of sp³-hybridized carbons (Fsp3) is 0.294. The van der Waals surface area contributed by atoms with Crippen LogP contribution in [0.4, 0.5) is 11.4 Å². The van der Waals surface area contributed by atoms with Gasteiger partial charge in [-0.25, -0.2) is 0 Å². The lowest BCUT2D eigenvalue weighted by Gasteiger charge is -2.24. The van der Waals surface area contributed by atoms with Gasteiger partial charge in [0.1, 0.15) is 24.2 Å². The van der Waals surface area contributed by atoms with E-state index >= 15 is 0 Å². The van der Waals surface area contributed by atoms with Gasteiger partial charge in [-0.3, -0.25) is 38.9 Å². The molecule has 0 unspecified atom stereocenters. The SMILES string of the molecule is C[C@H](NC(=O)[C@H](CCN)NC(=O)c1ccccc1)C(=O)N[C@H](C(=O)Nc1ccc(C(=O)N[C@@H](Cc2ccc([N+](=O)[O-])cc2)C(N)=O)cc1)[C@@H](C)O. The summed E-state index contributed by atoms with van der Waals surface area (Å²) in [6, 6.07) is 14.3. The molecule has 6 amide bonds. The van der Waals surface area contributed by atoms with Crippen molar-refractivity contribution < 1.29 is 38.8 Å². The van der Waals surface area contributed by atoms with Gasteiger partial charge in [0.2, 0.25) is 23.6 Å². The van der Waals surface area contributed by atoms with Crippen molar-refractivity contribution in [2.24, 2.45) is 11.5 Å². The number of nitro groups is 1. The zero-order chi connectivity index (χ0) is 37.7. The second-order valence-electron chi connectivity index (χ2n) is 11.5. The number of rotatable bonds is 17. The van der Waals surface area contributed by atoms with Crippen LogP contribution in [0.15, 0.2) is 78.9 Å². The van der Waals surface area contributed by atoms with E-state index in [-0.39, 0.29) is 36.3 Å². The number of hydrogen-bond donors (Lipinski definition) is 8. The maximum atomic E-state index is 13.1. The molecule has 0 aliphatic carbocycles. The van der Waals surface area contributed by atoms with Crippen molar-refractivity contribution in [2.75, 3.05) is 11.9 Å². The van der Waals surface area contributed by atoms with Crippen LogP contribution in [0.1, 0.15) is 46.5 Å². The van der Waals surface area contributed by atoms with Crippen LogP contribution >= 0.6 is 0 Å². The van der Waals surface area contributed by atoms with Crippen molar-refractivity contribution in [1.29, 1.82) is 0 Å². The van der Waals surface area contributed by atoms with Crippen molar-refractivity contribution in [2.45, 2.75) is 57.0 Å². The number of nitrogens with one attached hydrogen (secondary N) is 5. The second-order valence-corrected chi connectivity index (χ2v) is 11.5. The third-order valence-corrected chi connectivity index (χ3v) is 7.58. The van der Waals surface area contributed by atoms with Crippen LogP contribution in [-0.4, -0.2) is 82.3 Å². The minimum Gasteiger partial charge on any atom is -0.391 e. The smallest absolute Gasteiger partial charge is 0.269 e. The molecule has 0 saturated heterocycles. The van der Waals surface area contributed by atoms with Crippen LogP contribution < -0.4 is 38.1 Å². The molecule has 5 atom stereocenters. The Morgan fingerprint density at radius 2 is 1.31 bits per heavy atom. The quantitative estimate of drug-likeness (QED) is 0.0681. The van der Waals surface area contributed by atoms with E-state index in [0.717, 1.165) is 0 Å². The summed E-state index contributed by atoms with van der Waals surface area (Å²) in [4.78, 5) is 86.7. The third-order valence-electron chi connectivity index (χ3n) is 7.58. The lowest BCUT2D eigenvalue weighted by Crippen LogP contribution is -2.57. The van der Waals surface area contributed by atoms with Crippen molar-refractivity contribution in [1.82, 2.24) is 21.3 Å². The number of nitrogens with two attached hydrogens (primary N) is 2. The summed E-state index contributed by atoms with van der Waals surface area (Å²) in [6.07, 6.45) is -1.29. The van der Waals surface area contributed by atoms with Gasteiger partial charge < -0.3 is 43.2 Å². The maximum absolute atomic E-state index is 13.1. The van der Waals surface area contributed by atoms with E-state index in [2.05, 4.69) is 26.6 Å². The summed E-state index contributed by atoms with van der Waals surface area (Å²) in [7, 11) is 0. The maximum Gasteiger partial charge on any atom is 0.269 e. The lowest BCUT2D eigenvalue weighted by atomic mass is 10.0. The van der Waals surface area contributed by atoms with Gasteiger partial charge in [0.15, 0.2) is 0 Å². The van der Waals surface area contributed by atoms with Crippen LogP contribution in [0.3, 0.4) is 0 Å². The lowest BCUT2D eigenvalue weighted by molar-refractivity contribution is -0.384. The van der Waals surface area contributed by atoms with Gasteiger partial charge in [-0.15, -0.1) is 0 Å². The number of hydrogen-bond acceptors (Lipinski definition) is 10. The number of primary amides is 1. The first-order chi connectivity index (χ1) is 24.2. The molecule has 3 aromatic carbocycles. The molecule has 0 aliphatic rings. The molecule has 0 aliphatic heterocycles. The summed E-state index contributed by atoms with van der Waals surface area (Å²) in [5.74, 6) is -4.26. The van der Waals surface area contributed by atoms with Crippen LogP contribution in [0, 0.1) is 10.1 Å². The highest BCUT2D eigenvalue weighted by Crippen LogP contribution is 2.15. The minimum absolute atomic E-state index is 0.0128. The number of benzene rings is 3. The normalized spacial score (nSPS) is 13.6. The van der Waals surface area contributed by atoms with Crippen molar-refractivity contribution >= 4 is 46.8 Å². The molecule has 0 saturated carbocycles. The molecule has 0 fully saturated rings. The van der Waals surface area contributed by atoms with Gasteiger partial charge >= 0.3 is 0 Å². The first-order valence-electron chi connectivity index (χ1n) is 15.8. The Labute approximate surface area is 292 Å². The van der Waals surface area contributed by atoms with Gasteiger partial charge in [0.25, 0.3) is 17.5 Å². The Morgan fingerprint density at radius 3 is 1.84 bits per heavy atom. The minimum atomic E-state index is -1.45. The highest BCUT2D eigenvalue weighted by atomic mass is 16.6. The number of amides is 6. The topological polar surface area (TPSA) is 278 Å². The van der Waals surface area contributed by atoms with E-state index in [1.807, 2.05) is 0 Å². The molecule has 17 heteroatoms. The molecule has 270 valence electrons. The summed E-state index contributed by atoms with van der Waals surface area (Å²) in [5, 5.41) is 33.7. The predicted octanol–water partition coefficient (Wildman–Crippen LogP) is -0.123. The molecule has 0 heterocycles. The number of nitrogens with zero attached hydrogens (tertiary/aromatic N) is 1. The van der Waals surface area contributed by atoms with E-state index < -0.39 is 70.6 Å². The molecule has 0 bridgehead atoms. The van der Waals surface area contributed by atoms with E-state index in [0.29, 0.717) is 11.1 Å². The monoisotopic (exact) mass is 704 g/mol. The number of nitro benzene ring substituents is 1. The molecular weight excluding hydrogens is 664 g/mol. The first-order valence-corrected chi connectivity index (χ1v) is 15.8. The Balaban J connectivity index is 1.57. The van der Waals surface area contributed by atoms with Crippen molar-refractivity contribution in [3.8, 4) is 0 Å². The van der Waals surface area contributed by atoms with Crippen molar-refractivity contribution in [3.63, 3.8) is 0 Å². The molecule has 51 heavy (non-hydrogen) atoms. The zero-order valence-electron chi connectivity index (χ0n) is 27.8. The number of aliphatic hydroxyl groups excluding tert-OH is 1. The summed E-state index contributed by atoms with van der Waals surface area (Å²) < 4.78 is 0. The molecule has 0 aromatic heterocycles. The number of aliphatic hydroxyl groups is 1. The fourth-order valence-electron chi connectivity index (χ4n) is 4.71. The zero-order valence-corrected chi connectivity index (χ0v) is 27.8. The van der Waals surface area contributed by atoms with Crippen molar-refractivity contribution in [3.05, 3.63) is 106 Å². The molecule has 3 rings (SSSR count). The van der Waals surface area contributed by atoms with E-state index in [1.54, 1.807) is 30.3 Å². The Kier molecular flexibility index (Phi) is 14.3. The third kappa shape index (κ3) is 11.7. The number of carbonyl (C=O) groups is 6. The van der Waals surface area contributed by atoms with E-state index in [4.69, 9.17) is 11.5 Å². The number of carbonyl (C=O) groups excluding carboxylic acids is 6. The van der Waals surface area contributed by atoms with Gasteiger partial charge in [-0.2, -0.15) is 0 Å². The summed E-state index contributed by atoms with van der Waals surface area (Å²) in [5.41, 5.74) is 12.1. The highest BCUT2D eigenvalue weighted by molar-refractivity contribution is 6.01. The van der Waals surface area contributed by atoms with Crippen LogP contribution in [0.5, 0.6) is 0 Å². The molecule has 0 spiro atoms. The van der Waals surface area contributed by atoms with Crippen LogP contribution in [-0.2, 0) is 25.6 Å². The average molecular weight is 705 g/mol. The molecular formula is C34H40N8O9. The number of anilines is 1. The summed E-state index contributed by atoms with van der Waals surface area (Å²) in [6.45, 7) is 2.71. The average Bonchev–Trinajstić information content (AvgIpc) is 3.10. The van der Waals surface area contributed by atoms with Gasteiger partial charge in [0, 0.05) is 35.4 Å². The Hall–Kier alpha value is -6.20. The molecule has 0 radical (unpaired) electrons. The van der Waals surface area contributed by atoms with Gasteiger partial charge in [-0.1, -0.05) is 30.3 Å². The van der Waals surface area contributed by atoms with E-state index in [9.17, 15) is 44.0 Å². The number of non-ortho nitro benzene ring substituents is 1. The standard InChI is InChI=1S/C34H40N8O9/c1-19(37-33(48)26(16-17-35)39-31(46)22-6-4-3-5-7-22)30(45)41-28(20(2)43)34(49)38-24-12-10-23(11-13-24)32(47)40-27(29(36)44)18-21-8-14-25(15-9-21)42(50)51/h3-15,19-20,26-28,43H,16-18,35H2,1-2H3,(H2,36,44)(H,37,48)(H,38,49)(H,39,46)(H,40,47)(H,41,45)/t19-,20+,26-,27-,28-/m0/s1. The first kappa shape index (κ1) is 39.2. The van der Waals surface area contributed by atoms with Gasteiger partial charge in [-0.05, 0) is 68.8 Å². The fourth-order valence-corrected chi connectivity index (χ4v) is 4.71. The highest BCUT2D eigenvalue weighted by Gasteiger charge is 2.30. The van der Waals surface area contributed by atoms with Crippen LogP contribution in [0.25, 0.3) is 0 Å². The van der Waals surface area contributed by atoms with Crippen LogP contribution in [0.2, 0.25) is 0 Å². The second kappa shape index (κ2) is 18.5. The molecule has 17 nitrogen and oxygen atoms in total. The van der Waals surface area contributed by atoms with E-state index in [1.165, 1.54) is 62.4 Å². The summed E-state index contributed by atoms with van der Waals surface area (Å²) >= 11 is 0.